The molecular weight excluding hydrogens is 355 g/mol. The van der Waals surface area contributed by atoms with Crippen molar-refractivity contribution in [3.63, 3.8) is 0 Å². The first-order valence-electron chi connectivity index (χ1n) is 7.61. The summed E-state index contributed by atoms with van der Waals surface area (Å²) in [5.74, 6) is -0.0374. The van der Waals surface area contributed by atoms with Crippen molar-refractivity contribution in [2.24, 2.45) is 0 Å². The quantitative estimate of drug-likeness (QED) is 0.500. The Morgan fingerprint density at radius 3 is 2.22 bits per heavy atom. The Hall–Kier alpha value is -1.74. The van der Waals surface area contributed by atoms with Crippen LogP contribution in [-0.4, -0.2) is 39.2 Å². The van der Waals surface area contributed by atoms with Gasteiger partial charge in [0.2, 0.25) is 0 Å². The molecule has 3 nitrogen and oxygen atoms in total. The molecule has 0 aliphatic rings. The fourth-order valence-electron chi connectivity index (χ4n) is 2.14. The predicted octanol–water partition coefficient (Wildman–Crippen LogP) is 2.68. The molecule has 0 aliphatic carbocycles. The molecule has 2 aromatic rings. The van der Waals surface area contributed by atoms with E-state index in [-0.39, 0.29) is 32.9 Å². The Labute approximate surface area is 143 Å². The van der Waals surface area contributed by atoms with Crippen LogP contribution in [0.15, 0.2) is 60.7 Å². The summed E-state index contributed by atoms with van der Waals surface area (Å²) in [5.41, 5.74) is 0.624. The fraction of sp³-hybridized carbons (Fsp3) is 0.263. The van der Waals surface area contributed by atoms with E-state index in [4.69, 9.17) is 4.74 Å². The first-order chi connectivity index (χ1) is 11.2. The van der Waals surface area contributed by atoms with Gasteiger partial charge in [-0.2, -0.15) is 0 Å². The molecule has 0 bridgehead atoms. The second-order valence-corrected chi connectivity index (χ2v) is 7.21. The molecule has 0 fully saturated rings. The van der Waals surface area contributed by atoms with Gasteiger partial charge in [0.1, 0.15) is 0 Å². The number of Topliss-reactive ketones (excluding diaryl/α,β-unsaturated/α-hetero) is 2. The summed E-state index contributed by atoms with van der Waals surface area (Å²) in [7, 11) is 0. The van der Waals surface area contributed by atoms with Crippen LogP contribution in [-0.2, 0) is 9.53 Å². The van der Waals surface area contributed by atoms with Crippen molar-refractivity contribution >= 4 is 31.0 Å². The van der Waals surface area contributed by atoms with Crippen LogP contribution in [0.5, 0.6) is 0 Å². The molecule has 120 valence electrons. The molecule has 2 aromatic carbocycles. The van der Waals surface area contributed by atoms with Gasteiger partial charge >= 0.3 is 143 Å². The molecule has 2 rings (SSSR count). The molecular formula is C19H20O3Se. The van der Waals surface area contributed by atoms with Crippen LogP contribution in [0, 0.1) is 0 Å². The molecule has 0 aromatic heterocycles. The van der Waals surface area contributed by atoms with E-state index in [1.807, 2.05) is 55.5 Å². The molecule has 0 saturated heterocycles. The van der Waals surface area contributed by atoms with Crippen LogP contribution in [0.4, 0.5) is 0 Å². The third-order valence-corrected chi connectivity index (χ3v) is 5.49. The average Bonchev–Trinajstić information content (AvgIpc) is 2.61. The van der Waals surface area contributed by atoms with Crippen LogP contribution in [0.3, 0.4) is 0 Å². The van der Waals surface area contributed by atoms with Crippen molar-refractivity contribution in [2.75, 3.05) is 6.61 Å². The van der Waals surface area contributed by atoms with Gasteiger partial charge in [-0.1, -0.05) is 0 Å². The van der Waals surface area contributed by atoms with Crippen LogP contribution in [0.2, 0.25) is 5.32 Å². The normalized spacial score (nSPS) is 11.9. The standard InChI is InChI=1S/C19H20O3Se/c1-2-22-19(13-17(20)15-9-5-3-6-10-15)18(21)14-23-16-11-7-4-8-12-16/h3-12,19H,2,13-14H2,1H3. The zero-order valence-corrected chi connectivity index (χ0v) is 14.8. The predicted molar refractivity (Wildman–Crippen MR) is 92.4 cm³/mol. The third-order valence-electron chi connectivity index (χ3n) is 3.32. The fourth-order valence-corrected chi connectivity index (χ4v) is 3.91. The first kappa shape index (κ1) is 17.6. The number of ketones is 2. The molecule has 4 heteroatoms. The van der Waals surface area contributed by atoms with Crippen LogP contribution in [0.1, 0.15) is 23.7 Å². The molecule has 0 saturated carbocycles. The van der Waals surface area contributed by atoms with E-state index in [0.717, 1.165) is 0 Å². The van der Waals surface area contributed by atoms with Crippen molar-refractivity contribution in [3.05, 3.63) is 66.2 Å². The van der Waals surface area contributed by atoms with E-state index < -0.39 is 6.10 Å². The number of hydrogen-bond acceptors (Lipinski definition) is 3. The molecule has 23 heavy (non-hydrogen) atoms. The van der Waals surface area contributed by atoms with Gasteiger partial charge in [-0.15, -0.1) is 0 Å². The average molecular weight is 375 g/mol. The number of carbonyl (C=O) groups is 2. The maximum absolute atomic E-state index is 12.4. The summed E-state index contributed by atoms with van der Waals surface area (Å²) in [6, 6.07) is 19.0. The summed E-state index contributed by atoms with van der Waals surface area (Å²) < 4.78 is 6.70. The van der Waals surface area contributed by atoms with Gasteiger partial charge < -0.3 is 0 Å². The summed E-state index contributed by atoms with van der Waals surface area (Å²) >= 11 is 0.0729. The van der Waals surface area contributed by atoms with Crippen LogP contribution >= 0.6 is 0 Å². The third kappa shape index (κ3) is 5.75. The van der Waals surface area contributed by atoms with E-state index in [0.29, 0.717) is 17.5 Å². The van der Waals surface area contributed by atoms with Gasteiger partial charge in [0.05, 0.1) is 0 Å². The molecule has 0 N–H and O–H groups in total. The van der Waals surface area contributed by atoms with E-state index in [2.05, 4.69) is 0 Å². The second-order valence-electron chi connectivity index (χ2n) is 5.01. The molecule has 0 spiro atoms. The summed E-state index contributed by atoms with van der Waals surface area (Å²) in [4.78, 5) is 24.7. The molecule has 0 aliphatic heterocycles. The minimum atomic E-state index is -0.640. The van der Waals surface area contributed by atoms with E-state index in [9.17, 15) is 9.59 Å². The molecule has 1 unspecified atom stereocenters. The van der Waals surface area contributed by atoms with Gasteiger partial charge in [-0.25, -0.2) is 0 Å². The van der Waals surface area contributed by atoms with Gasteiger partial charge in [0.15, 0.2) is 0 Å². The minimum absolute atomic E-state index is 0.0139. The van der Waals surface area contributed by atoms with E-state index in [1.54, 1.807) is 12.1 Å². The molecule has 0 amide bonds. The summed E-state index contributed by atoms with van der Waals surface area (Å²) in [5, 5.41) is 0.448. The van der Waals surface area contributed by atoms with E-state index in [1.165, 1.54) is 4.46 Å². The number of ether oxygens (including phenoxy) is 1. The molecule has 0 heterocycles. The topological polar surface area (TPSA) is 43.4 Å². The Balaban J connectivity index is 1.94. The number of rotatable bonds is 9. The molecule has 1 atom stereocenters. The number of carbonyl (C=O) groups excluding carboxylic acids is 2. The van der Waals surface area contributed by atoms with Crippen molar-refractivity contribution < 1.29 is 14.3 Å². The SMILES string of the molecule is CCOC(CC(=O)c1ccccc1)C(=O)C[Se]c1ccccc1. The Bertz CT molecular complexity index is 626. The van der Waals surface area contributed by atoms with Gasteiger partial charge in [0.25, 0.3) is 0 Å². The Morgan fingerprint density at radius 1 is 1.00 bits per heavy atom. The Morgan fingerprint density at radius 2 is 1.61 bits per heavy atom. The van der Waals surface area contributed by atoms with Crippen molar-refractivity contribution in [1.82, 2.24) is 0 Å². The number of hydrogen-bond donors (Lipinski definition) is 0. The van der Waals surface area contributed by atoms with Crippen molar-refractivity contribution in [1.29, 1.82) is 0 Å². The zero-order chi connectivity index (χ0) is 16.5. The maximum atomic E-state index is 12.4. The second kappa shape index (κ2) is 9.41. The van der Waals surface area contributed by atoms with Gasteiger partial charge in [-0.05, 0) is 0 Å². The van der Waals surface area contributed by atoms with Gasteiger partial charge in [0, 0.05) is 0 Å². The van der Waals surface area contributed by atoms with Crippen LogP contribution in [0.25, 0.3) is 0 Å². The van der Waals surface area contributed by atoms with Gasteiger partial charge in [-0.3, -0.25) is 0 Å². The van der Waals surface area contributed by atoms with Crippen LogP contribution < -0.4 is 4.46 Å². The van der Waals surface area contributed by atoms with E-state index >= 15 is 0 Å². The van der Waals surface area contributed by atoms with Crippen molar-refractivity contribution in [3.8, 4) is 0 Å². The summed E-state index contributed by atoms with van der Waals surface area (Å²) in [6.45, 7) is 2.27. The summed E-state index contributed by atoms with van der Waals surface area (Å²) in [6.07, 6.45) is -0.528. The zero-order valence-electron chi connectivity index (χ0n) is 13.1. The molecule has 0 radical (unpaired) electrons. The Kier molecular flexibility index (Phi) is 7.21. The van der Waals surface area contributed by atoms with Crippen molar-refractivity contribution in [2.45, 2.75) is 24.8 Å². The first-order valence-corrected chi connectivity index (χ1v) is 9.68. The number of benzene rings is 2. The monoisotopic (exact) mass is 376 g/mol.